The molecule has 0 radical (unpaired) electrons. The molecular weight excluding hydrogens is 486 g/mol. The maximum atomic E-state index is 12.4. The van der Waals surface area contributed by atoms with E-state index in [4.69, 9.17) is 16.3 Å². The van der Waals surface area contributed by atoms with Crippen LogP contribution in [0, 0.1) is 18.8 Å². The number of aliphatic hydroxyl groups is 1. The largest absolute Gasteiger partial charge is 0.479 e. The van der Waals surface area contributed by atoms with E-state index in [1.54, 1.807) is 0 Å². The van der Waals surface area contributed by atoms with Crippen molar-refractivity contribution in [1.82, 2.24) is 4.90 Å². The van der Waals surface area contributed by atoms with Gasteiger partial charge >= 0.3 is 5.97 Å². The Morgan fingerprint density at radius 1 is 1.16 bits per heavy atom. The minimum Gasteiger partial charge on any atom is -0.479 e. The summed E-state index contributed by atoms with van der Waals surface area (Å²) in [5.41, 5.74) is 2.91. The number of benzene rings is 3. The minimum absolute atomic E-state index is 0.365. The van der Waals surface area contributed by atoms with E-state index in [-0.39, 0.29) is 0 Å². The lowest BCUT2D eigenvalue weighted by atomic mass is 9.86. The van der Waals surface area contributed by atoms with Gasteiger partial charge in [0.05, 0.1) is 0 Å². The highest BCUT2D eigenvalue weighted by atomic mass is 35.5. The molecule has 1 atom stereocenters. The summed E-state index contributed by atoms with van der Waals surface area (Å²) in [5.74, 6) is 5.28. The van der Waals surface area contributed by atoms with Crippen molar-refractivity contribution in [1.29, 1.82) is 0 Å². The van der Waals surface area contributed by atoms with Crippen molar-refractivity contribution in [2.75, 3.05) is 26.7 Å². The molecule has 3 aromatic carbocycles. The molecule has 0 saturated carbocycles. The number of unbranched alkanes of at least 4 members (excludes halogenated alkanes) is 1. The number of carboxylic acid groups (broad SMARTS) is 1. The van der Waals surface area contributed by atoms with Gasteiger partial charge in [-0.15, -0.1) is 0 Å². The molecule has 194 valence electrons. The lowest BCUT2D eigenvalue weighted by Crippen LogP contribution is -2.41. The maximum Gasteiger partial charge on any atom is 0.337 e. The number of rotatable bonds is 7. The maximum absolute atomic E-state index is 12.4. The van der Waals surface area contributed by atoms with Crippen LogP contribution in [0.5, 0.6) is 0 Å². The highest BCUT2D eigenvalue weighted by molar-refractivity contribution is 6.30. The topological polar surface area (TPSA) is 70.0 Å². The van der Waals surface area contributed by atoms with Gasteiger partial charge in [-0.2, -0.15) is 0 Å². The molecule has 0 amide bonds. The number of likely N-dealkylation sites (tertiary alicyclic amines) is 1. The summed E-state index contributed by atoms with van der Waals surface area (Å²) in [6.45, 7) is 5.95. The van der Waals surface area contributed by atoms with Gasteiger partial charge in [0.1, 0.15) is 5.60 Å². The van der Waals surface area contributed by atoms with Gasteiger partial charge in [-0.3, -0.25) is 0 Å². The van der Waals surface area contributed by atoms with E-state index in [1.165, 1.54) is 0 Å². The molecule has 1 aliphatic heterocycles. The number of carboxylic acids is 1. The van der Waals surface area contributed by atoms with Gasteiger partial charge in [-0.25, -0.2) is 4.79 Å². The minimum atomic E-state index is -1.10. The van der Waals surface area contributed by atoms with E-state index < -0.39 is 17.7 Å². The Hall–Kier alpha value is -2.88. The molecule has 0 spiro atoms. The molecule has 0 aliphatic carbocycles. The van der Waals surface area contributed by atoms with Gasteiger partial charge in [-0.1, -0.05) is 61.1 Å². The zero-order chi connectivity index (χ0) is 26.6. The molecule has 1 unspecified atom stereocenters. The Labute approximate surface area is 224 Å². The van der Waals surface area contributed by atoms with E-state index in [1.807, 2.05) is 69.4 Å². The third kappa shape index (κ3) is 6.34. The van der Waals surface area contributed by atoms with Crippen LogP contribution >= 0.6 is 11.6 Å². The third-order valence-electron chi connectivity index (χ3n) is 7.04. The molecule has 0 aromatic heterocycles. The van der Waals surface area contributed by atoms with Gasteiger partial charge in [-0.05, 0) is 72.1 Å². The SMILES string of the molecule is CCCCOC(C(=O)O)c1c(C)cc2ccc(C#CC3(O)CCN(C)CC3)cc2c1-c1ccc(Cl)cc1. The fraction of sp³-hybridized carbons (Fsp3) is 0.387. The van der Waals surface area contributed by atoms with Crippen molar-refractivity contribution in [2.45, 2.75) is 51.2 Å². The molecule has 5 nitrogen and oxygen atoms in total. The summed E-state index contributed by atoms with van der Waals surface area (Å²) >= 11 is 6.18. The van der Waals surface area contributed by atoms with Gasteiger partial charge in [0.25, 0.3) is 0 Å². The highest BCUT2D eigenvalue weighted by Gasteiger charge is 2.29. The van der Waals surface area contributed by atoms with Crippen molar-refractivity contribution < 1.29 is 19.7 Å². The molecule has 1 aliphatic rings. The molecule has 1 heterocycles. The van der Waals surface area contributed by atoms with Crippen LogP contribution in [0.3, 0.4) is 0 Å². The summed E-state index contributed by atoms with van der Waals surface area (Å²) < 4.78 is 5.93. The molecule has 37 heavy (non-hydrogen) atoms. The van der Waals surface area contributed by atoms with Crippen LogP contribution in [0.25, 0.3) is 21.9 Å². The zero-order valence-corrected chi connectivity index (χ0v) is 22.4. The fourth-order valence-electron chi connectivity index (χ4n) is 4.82. The van der Waals surface area contributed by atoms with Crippen molar-refractivity contribution in [3.05, 3.63) is 70.2 Å². The monoisotopic (exact) mass is 519 g/mol. The average Bonchev–Trinajstić information content (AvgIpc) is 2.88. The average molecular weight is 520 g/mol. The zero-order valence-electron chi connectivity index (χ0n) is 21.7. The van der Waals surface area contributed by atoms with Crippen LogP contribution in [-0.4, -0.2) is 53.4 Å². The van der Waals surface area contributed by atoms with Crippen LogP contribution in [0.15, 0.2) is 48.5 Å². The molecule has 6 heteroatoms. The number of piperidine rings is 1. The first-order chi connectivity index (χ1) is 17.7. The first kappa shape index (κ1) is 27.2. The quantitative estimate of drug-likeness (QED) is 0.286. The van der Waals surface area contributed by atoms with Crippen molar-refractivity contribution in [3.63, 3.8) is 0 Å². The number of carbonyl (C=O) groups is 1. The number of nitrogens with zero attached hydrogens (tertiary/aromatic N) is 1. The van der Waals surface area contributed by atoms with E-state index >= 15 is 0 Å². The molecule has 3 aromatic rings. The highest BCUT2D eigenvalue weighted by Crippen LogP contribution is 2.40. The number of aliphatic carboxylic acids is 1. The van der Waals surface area contributed by atoms with E-state index in [2.05, 4.69) is 16.7 Å². The standard InChI is InChI=1S/C31H34ClNO4/c1-4-5-18-37-29(30(34)35)27-21(2)19-24-7-6-22(12-13-31(36)14-16-33(3)17-15-31)20-26(24)28(27)23-8-10-25(32)11-9-23/h6-11,19-20,29,36H,4-5,14-18H2,1-3H3,(H,34,35). The summed E-state index contributed by atoms with van der Waals surface area (Å²) in [4.78, 5) is 14.6. The number of aryl methyl sites for hydroxylation is 1. The van der Waals surface area contributed by atoms with Crippen LogP contribution in [0.1, 0.15) is 55.4 Å². The predicted octanol–water partition coefficient (Wildman–Crippen LogP) is 6.22. The molecule has 1 fully saturated rings. The number of halogens is 1. The van der Waals surface area contributed by atoms with Gasteiger partial charge in [0, 0.05) is 48.7 Å². The van der Waals surface area contributed by atoms with Gasteiger partial charge < -0.3 is 19.8 Å². The van der Waals surface area contributed by atoms with Crippen LogP contribution in [-0.2, 0) is 9.53 Å². The summed E-state index contributed by atoms with van der Waals surface area (Å²) in [6, 6.07) is 15.4. The Bertz CT molecular complexity index is 1330. The molecular formula is C31H34ClNO4. The van der Waals surface area contributed by atoms with E-state index in [9.17, 15) is 15.0 Å². The second-order valence-corrected chi connectivity index (χ2v) is 10.4. The smallest absolute Gasteiger partial charge is 0.337 e. The van der Waals surface area contributed by atoms with Gasteiger partial charge in [0.15, 0.2) is 6.10 Å². The summed E-state index contributed by atoms with van der Waals surface area (Å²) in [6.07, 6.45) is 1.82. The van der Waals surface area contributed by atoms with Gasteiger partial charge in [0.2, 0.25) is 0 Å². The number of hydrogen-bond acceptors (Lipinski definition) is 4. The van der Waals surface area contributed by atoms with Crippen LogP contribution in [0.4, 0.5) is 0 Å². The Morgan fingerprint density at radius 3 is 2.51 bits per heavy atom. The lowest BCUT2D eigenvalue weighted by molar-refractivity contribution is -0.151. The number of ether oxygens (including phenoxy) is 1. The number of hydrogen-bond donors (Lipinski definition) is 2. The predicted molar refractivity (Wildman–Crippen MR) is 149 cm³/mol. The summed E-state index contributed by atoms with van der Waals surface area (Å²) in [7, 11) is 2.05. The number of fused-ring (bicyclic) bond motifs is 1. The van der Waals surface area contributed by atoms with Crippen molar-refractivity contribution in [2.24, 2.45) is 0 Å². The third-order valence-corrected chi connectivity index (χ3v) is 7.30. The molecule has 1 saturated heterocycles. The second kappa shape index (κ2) is 11.7. The van der Waals surface area contributed by atoms with Crippen LogP contribution < -0.4 is 0 Å². The van der Waals surface area contributed by atoms with E-state index in [0.717, 1.165) is 59.0 Å². The first-order valence-corrected chi connectivity index (χ1v) is 13.2. The summed E-state index contributed by atoms with van der Waals surface area (Å²) in [5, 5.41) is 23.6. The van der Waals surface area contributed by atoms with Crippen molar-refractivity contribution in [3.8, 4) is 23.0 Å². The Kier molecular flexibility index (Phi) is 8.56. The lowest BCUT2D eigenvalue weighted by Gasteiger charge is -2.32. The molecule has 4 rings (SSSR count). The Morgan fingerprint density at radius 2 is 1.86 bits per heavy atom. The second-order valence-electron chi connectivity index (χ2n) is 9.95. The van der Waals surface area contributed by atoms with Crippen molar-refractivity contribution >= 4 is 28.3 Å². The van der Waals surface area contributed by atoms with E-state index in [0.29, 0.717) is 30.0 Å². The van der Waals surface area contributed by atoms with Crippen LogP contribution in [0.2, 0.25) is 5.02 Å². The molecule has 0 bridgehead atoms. The fourth-order valence-corrected chi connectivity index (χ4v) is 4.95. The normalized spacial score (nSPS) is 16.2. The first-order valence-electron chi connectivity index (χ1n) is 12.8. The Balaban J connectivity index is 1.88. The molecule has 2 N–H and O–H groups in total.